The summed E-state index contributed by atoms with van der Waals surface area (Å²) in [5.41, 5.74) is 0.643. The van der Waals surface area contributed by atoms with E-state index in [2.05, 4.69) is 0 Å². The van der Waals surface area contributed by atoms with Gasteiger partial charge in [0, 0.05) is 11.6 Å². The Kier molecular flexibility index (Phi) is 3.87. The Labute approximate surface area is 128 Å². The predicted octanol–water partition coefficient (Wildman–Crippen LogP) is 2.19. The predicted molar refractivity (Wildman–Crippen MR) is 77.9 cm³/mol. The molecule has 2 aliphatic heterocycles. The Morgan fingerprint density at radius 1 is 1.24 bits per heavy atom. The van der Waals surface area contributed by atoms with Crippen LogP contribution in [0.4, 0.5) is 4.79 Å². The molecule has 0 aliphatic carbocycles. The van der Waals surface area contributed by atoms with E-state index >= 15 is 0 Å². The lowest BCUT2D eigenvalue weighted by Gasteiger charge is -2.26. The van der Waals surface area contributed by atoms with Crippen LogP contribution in [0.25, 0.3) is 0 Å². The van der Waals surface area contributed by atoms with Gasteiger partial charge in [-0.15, -0.1) is 0 Å². The maximum atomic E-state index is 12.3. The smallest absolute Gasteiger partial charge is 0.327 e. The number of carbonyl (C=O) groups is 2. The van der Waals surface area contributed by atoms with E-state index in [0.29, 0.717) is 17.1 Å². The van der Waals surface area contributed by atoms with E-state index in [0.717, 1.165) is 19.3 Å². The normalized spacial score (nSPS) is 23.4. The molecule has 0 saturated carbocycles. The van der Waals surface area contributed by atoms with Crippen LogP contribution in [0.1, 0.15) is 30.9 Å². The van der Waals surface area contributed by atoms with Crippen LogP contribution in [0.3, 0.4) is 0 Å². The fraction of sp³-hybridized carbons (Fsp3) is 0.467. The van der Waals surface area contributed by atoms with Crippen molar-refractivity contribution >= 4 is 23.5 Å². The van der Waals surface area contributed by atoms with Gasteiger partial charge >= 0.3 is 6.03 Å². The highest BCUT2D eigenvalue weighted by Crippen LogP contribution is 2.28. The minimum Gasteiger partial charge on any atom is -0.387 e. The number of imide groups is 1. The molecule has 1 N–H and O–H groups in total. The molecule has 3 amide bonds. The Hall–Kier alpha value is -1.59. The summed E-state index contributed by atoms with van der Waals surface area (Å²) in [5, 5.41) is 10.8. The highest BCUT2D eigenvalue weighted by atomic mass is 35.5. The molecule has 1 aromatic carbocycles. The van der Waals surface area contributed by atoms with Crippen LogP contribution >= 0.6 is 11.6 Å². The third-order valence-electron chi connectivity index (χ3n) is 4.14. The first-order chi connectivity index (χ1) is 10.1. The van der Waals surface area contributed by atoms with Gasteiger partial charge in [0.1, 0.15) is 6.04 Å². The first-order valence-electron chi connectivity index (χ1n) is 7.13. The summed E-state index contributed by atoms with van der Waals surface area (Å²) in [4.78, 5) is 27.4. The summed E-state index contributed by atoms with van der Waals surface area (Å²) in [6, 6.07) is 6.14. The number of rotatable bonds is 3. The number of carbonyl (C=O) groups excluding carboxylic acids is 2. The van der Waals surface area contributed by atoms with Gasteiger partial charge in [-0.1, -0.05) is 23.7 Å². The fourth-order valence-electron chi connectivity index (χ4n) is 2.98. The number of benzene rings is 1. The molecule has 0 radical (unpaired) electrons. The minimum absolute atomic E-state index is 0.00764. The average molecular weight is 309 g/mol. The SMILES string of the molecule is O=C1C2CCCCN2C(=O)N1CC(O)c1ccc(Cl)cc1. The molecule has 2 atom stereocenters. The van der Waals surface area contributed by atoms with Gasteiger partial charge in [-0.2, -0.15) is 0 Å². The highest BCUT2D eigenvalue weighted by molar-refractivity contribution is 6.30. The van der Waals surface area contributed by atoms with Crippen LogP contribution in [0, 0.1) is 0 Å². The monoisotopic (exact) mass is 308 g/mol. The number of nitrogens with zero attached hydrogens (tertiary/aromatic N) is 2. The highest BCUT2D eigenvalue weighted by Gasteiger charge is 2.46. The third kappa shape index (κ3) is 2.63. The molecule has 2 aliphatic rings. The number of hydrogen-bond donors (Lipinski definition) is 1. The largest absolute Gasteiger partial charge is 0.387 e. The number of hydrogen-bond acceptors (Lipinski definition) is 3. The number of aliphatic hydroxyl groups excluding tert-OH is 1. The number of urea groups is 1. The fourth-order valence-corrected chi connectivity index (χ4v) is 3.10. The maximum Gasteiger partial charge on any atom is 0.327 e. The van der Waals surface area contributed by atoms with Crippen molar-refractivity contribution in [3.8, 4) is 0 Å². The number of piperidine rings is 1. The summed E-state index contributed by atoms with van der Waals surface area (Å²) in [7, 11) is 0. The van der Waals surface area contributed by atoms with Crippen molar-refractivity contribution in [2.45, 2.75) is 31.4 Å². The molecular formula is C15H17ClN2O3. The van der Waals surface area contributed by atoms with Crippen molar-refractivity contribution in [1.29, 1.82) is 0 Å². The molecule has 3 rings (SSSR count). The van der Waals surface area contributed by atoms with Crippen molar-refractivity contribution < 1.29 is 14.7 Å². The molecule has 1 aromatic rings. The maximum absolute atomic E-state index is 12.3. The average Bonchev–Trinajstić information content (AvgIpc) is 2.73. The first kappa shape index (κ1) is 14.4. The number of aliphatic hydroxyl groups is 1. The van der Waals surface area contributed by atoms with Crippen LogP contribution < -0.4 is 0 Å². The summed E-state index contributed by atoms with van der Waals surface area (Å²) < 4.78 is 0. The molecule has 2 heterocycles. The van der Waals surface area contributed by atoms with Gasteiger partial charge in [0.05, 0.1) is 12.6 Å². The van der Waals surface area contributed by atoms with Gasteiger partial charge in [0.2, 0.25) is 0 Å². The van der Waals surface area contributed by atoms with Crippen LogP contribution in [0.2, 0.25) is 5.02 Å². The van der Waals surface area contributed by atoms with E-state index in [-0.39, 0.29) is 24.5 Å². The van der Waals surface area contributed by atoms with E-state index in [1.807, 2.05) is 0 Å². The van der Waals surface area contributed by atoms with Crippen LogP contribution in [-0.2, 0) is 4.79 Å². The molecule has 2 fully saturated rings. The van der Waals surface area contributed by atoms with Gasteiger partial charge in [-0.3, -0.25) is 9.69 Å². The van der Waals surface area contributed by atoms with Gasteiger partial charge in [0.25, 0.3) is 5.91 Å². The van der Waals surface area contributed by atoms with Crippen molar-refractivity contribution in [3.63, 3.8) is 0 Å². The molecule has 112 valence electrons. The first-order valence-corrected chi connectivity index (χ1v) is 7.51. The lowest BCUT2D eigenvalue weighted by atomic mass is 10.0. The van der Waals surface area contributed by atoms with Crippen LogP contribution in [0.15, 0.2) is 24.3 Å². The molecule has 0 aromatic heterocycles. The third-order valence-corrected chi connectivity index (χ3v) is 4.39. The zero-order valence-electron chi connectivity index (χ0n) is 11.5. The summed E-state index contributed by atoms with van der Waals surface area (Å²) in [6.07, 6.45) is 1.73. The van der Waals surface area contributed by atoms with Crippen molar-refractivity contribution in [2.75, 3.05) is 13.1 Å². The number of halogens is 1. The molecule has 5 nitrogen and oxygen atoms in total. The topological polar surface area (TPSA) is 60.9 Å². The van der Waals surface area contributed by atoms with E-state index in [1.165, 1.54) is 4.90 Å². The second-order valence-electron chi connectivity index (χ2n) is 5.50. The van der Waals surface area contributed by atoms with Gasteiger partial charge < -0.3 is 10.0 Å². The zero-order chi connectivity index (χ0) is 15.0. The second kappa shape index (κ2) is 5.66. The number of fused-ring (bicyclic) bond motifs is 1. The van der Waals surface area contributed by atoms with Crippen molar-refractivity contribution in [1.82, 2.24) is 9.80 Å². The summed E-state index contributed by atoms with van der Waals surface area (Å²) in [6.45, 7) is 0.620. The molecule has 0 bridgehead atoms. The Morgan fingerprint density at radius 3 is 2.62 bits per heavy atom. The van der Waals surface area contributed by atoms with Gasteiger partial charge in [0.15, 0.2) is 0 Å². The van der Waals surface area contributed by atoms with Crippen molar-refractivity contribution in [3.05, 3.63) is 34.9 Å². The Morgan fingerprint density at radius 2 is 1.95 bits per heavy atom. The minimum atomic E-state index is -0.892. The lowest BCUT2D eigenvalue weighted by molar-refractivity contribution is -0.129. The molecule has 0 spiro atoms. The number of amides is 3. The lowest BCUT2D eigenvalue weighted by Crippen LogP contribution is -2.39. The van der Waals surface area contributed by atoms with Crippen LogP contribution in [0.5, 0.6) is 0 Å². The van der Waals surface area contributed by atoms with Gasteiger partial charge in [-0.25, -0.2) is 4.79 Å². The molecule has 2 unspecified atom stereocenters. The zero-order valence-corrected chi connectivity index (χ0v) is 12.3. The number of β-amino-alcohol motifs (C(OH)–C–C–N with tert-alkyl or cyclic N) is 1. The Bertz CT molecular complexity index is 537. The van der Waals surface area contributed by atoms with Gasteiger partial charge in [-0.05, 0) is 37.0 Å². The molecule has 2 saturated heterocycles. The molecule has 21 heavy (non-hydrogen) atoms. The van der Waals surface area contributed by atoms with E-state index < -0.39 is 6.10 Å². The van der Waals surface area contributed by atoms with E-state index in [4.69, 9.17) is 11.6 Å². The quantitative estimate of drug-likeness (QED) is 0.871. The van der Waals surface area contributed by atoms with Crippen LogP contribution in [-0.4, -0.2) is 46.0 Å². The molecule has 6 heteroatoms. The second-order valence-corrected chi connectivity index (χ2v) is 5.94. The summed E-state index contributed by atoms with van der Waals surface area (Å²) >= 11 is 5.81. The molecular weight excluding hydrogens is 292 g/mol. The standard InChI is InChI=1S/C15H17ClN2O3/c16-11-6-4-10(5-7-11)13(19)9-18-14(20)12-3-1-2-8-17(12)15(18)21/h4-7,12-13,19H,1-3,8-9H2. The van der Waals surface area contributed by atoms with E-state index in [9.17, 15) is 14.7 Å². The van der Waals surface area contributed by atoms with Crippen molar-refractivity contribution in [2.24, 2.45) is 0 Å². The Balaban J connectivity index is 1.73. The summed E-state index contributed by atoms with van der Waals surface area (Å²) in [5.74, 6) is -0.187. The van der Waals surface area contributed by atoms with E-state index in [1.54, 1.807) is 29.2 Å².